The van der Waals surface area contributed by atoms with E-state index < -0.39 is 0 Å². The van der Waals surface area contributed by atoms with Crippen LogP contribution >= 0.6 is 0 Å². The Morgan fingerprint density at radius 1 is 0.795 bits per heavy atom. The van der Waals surface area contributed by atoms with Gasteiger partial charge in [-0.05, 0) is 79.8 Å². The van der Waals surface area contributed by atoms with Gasteiger partial charge in [0.1, 0.15) is 18.0 Å². The van der Waals surface area contributed by atoms with Crippen LogP contribution in [0.1, 0.15) is 54.6 Å². The normalized spacial score (nSPS) is 11.0. The Labute approximate surface area is 260 Å². The van der Waals surface area contributed by atoms with Crippen molar-refractivity contribution in [1.29, 1.82) is 0 Å². The van der Waals surface area contributed by atoms with Gasteiger partial charge < -0.3 is 29.0 Å². The number of methoxy groups -OCH3 is 1. The molecule has 0 aliphatic carbocycles. The molecule has 0 saturated heterocycles. The highest BCUT2D eigenvalue weighted by molar-refractivity contribution is 5.96. The van der Waals surface area contributed by atoms with Crippen LogP contribution < -0.4 is 9.47 Å². The van der Waals surface area contributed by atoms with Crippen LogP contribution in [0.15, 0.2) is 79.0 Å². The number of hydrogen-bond donors (Lipinski definition) is 1. The monoisotopic (exact) mass is 599 g/mol. The van der Waals surface area contributed by atoms with Crippen LogP contribution in [0.4, 0.5) is 0 Å². The predicted molar refractivity (Wildman–Crippen MR) is 174 cm³/mol. The summed E-state index contributed by atoms with van der Waals surface area (Å²) in [5, 5.41) is 1.15. The van der Waals surface area contributed by atoms with E-state index in [2.05, 4.69) is 24.0 Å². The fourth-order valence-corrected chi connectivity index (χ4v) is 5.09. The van der Waals surface area contributed by atoms with Crippen LogP contribution in [0.3, 0.4) is 0 Å². The first kappa shape index (κ1) is 32.6. The smallest absolute Gasteiger partial charge is 0.254 e. The summed E-state index contributed by atoms with van der Waals surface area (Å²) in [6.07, 6.45) is 5.36. The number of carbonyl (C=O) groups excluding carboxylic acids is 2. The SMILES string of the molecule is CCCCOc1ccc(C(=O)N(CCCOC)CC(=O)N(CCc2c[nH]c3ccccc23)Cc2ccc(OCC)cc2)cc1. The molecule has 8 heteroatoms. The summed E-state index contributed by atoms with van der Waals surface area (Å²) in [5.41, 5.74) is 3.74. The van der Waals surface area contributed by atoms with E-state index in [-0.39, 0.29) is 18.4 Å². The predicted octanol–water partition coefficient (Wildman–Crippen LogP) is 6.50. The number of nitrogens with one attached hydrogen (secondary N) is 1. The zero-order valence-corrected chi connectivity index (χ0v) is 26.2. The van der Waals surface area contributed by atoms with Crippen LogP contribution in [0.2, 0.25) is 0 Å². The third-order valence-corrected chi connectivity index (χ3v) is 7.54. The molecular weight excluding hydrogens is 554 g/mol. The van der Waals surface area contributed by atoms with Gasteiger partial charge in [0, 0.05) is 56.0 Å². The van der Waals surface area contributed by atoms with E-state index in [4.69, 9.17) is 14.2 Å². The summed E-state index contributed by atoms with van der Waals surface area (Å²) < 4.78 is 16.6. The van der Waals surface area contributed by atoms with Crippen molar-refractivity contribution in [2.75, 3.05) is 46.6 Å². The molecule has 4 aromatic rings. The number of unbranched alkanes of at least 4 members (excludes halogenated alkanes) is 1. The summed E-state index contributed by atoms with van der Waals surface area (Å²) >= 11 is 0. The van der Waals surface area contributed by atoms with Gasteiger partial charge in [0.15, 0.2) is 0 Å². The second-order valence-corrected chi connectivity index (χ2v) is 10.8. The minimum Gasteiger partial charge on any atom is -0.494 e. The third kappa shape index (κ3) is 9.35. The molecule has 0 fully saturated rings. The lowest BCUT2D eigenvalue weighted by Gasteiger charge is -2.28. The number of fused-ring (bicyclic) bond motifs is 1. The molecule has 0 saturated carbocycles. The highest BCUT2D eigenvalue weighted by Gasteiger charge is 2.23. The van der Waals surface area contributed by atoms with Crippen molar-refractivity contribution in [3.8, 4) is 11.5 Å². The Morgan fingerprint density at radius 2 is 1.52 bits per heavy atom. The highest BCUT2D eigenvalue weighted by Crippen LogP contribution is 2.20. The Kier molecular flexibility index (Phi) is 12.7. The van der Waals surface area contributed by atoms with Crippen LogP contribution in [-0.2, 0) is 22.5 Å². The molecule has 4 rings (SSSR count). The number of H-pyrrole nitrogens is 1. The van der Waals surface area contributed by atoms with Crippen molar-refractivity contribution in [1.82, 2.24) is 14.8 Å². The summed E-state index contributed by atoms with van der Waals surface area (Å²) in [6, 6.07) is 23.2. The van der Waals surface area contributed by atoms with Gasteiger partial charge in [0.05, 0.1) is 13.2 Å². The quantitative estimate of drug-likeness (QED) is 0.132. The summed E-state index contributed by atoms with van der Waals surface area (Å²) in [4.78, 5) is 34.4. The number of hydrogen-bond acceptors (Lipinski definition) is 5. The lowest BCUT2D eigenvalue weighted by atomic mass is 10.1. The van der Waals surface area contributed by atoms with E-state index in [0.29, 0.717) is 57.9 Å². The molecule has 0 radical (unpaired) electrons. The number of nitrogens with zero attached hydrogens (tertiary/aromatic N) is 2. The Hall–Kier alpha value is -4.30. The average molecular weight is 600 g/mol. The number of carbonyl (C=O) groups is 2. The van der Waals surface area contributed by atoms with Gasteiger partial charge in [0.25, 0.3) is 5.91 Å². The van der Waals surface area contributed by atoms with Crippen LogP contribution in [0.25, 0.3) is 10.9 Å². The number of rotatable bonds is 18. The minimum atomic E-state index is -0.188. The topological polar surface area (TPSA) is 84.1 Å². The molecule has 8 nitrogen and oxygen atoms in total. The molecule has 1 N–H and O–H groups in total. The van der Waals surface area contributed by atoms with Crippen molar-refractivity contribution in [2.24, 2.45) is 0 Å². The van der Waals surface area contributed by atoms with Gasteiger partial charge in [-0.3, -0.25) is 9.59 Å². The molecule has 3 aromatic carbocycles. The number of amides is 2. The Morgan fingerprint density at radius 3 is 2.25 bits per heavy atom. The summed E-state index contributed by atoms with van der Waals surface area (Å²) in [5.74, 6) is 1.23. The Bertz CT molecular complexity index is 1450. The van der Waals surface area contributed by atoms with Crippen molar-refractivity contribution < 1.29 is 23.8 Å². The molecule has 1 heterocycles. The van der Waals surface area contributed by atoms with Crippen molar-refractivity contribution in [3.63, 3.8) is 0 Å². The number of aromatic nitrogens is 1. The van der Waals surface area contributed by atoms with Crippen LogP contribution in [0, 0.1) is 0 Å². The zero-order valence-electron chi connectivity index (χ0n) is 26.2. The third-order valence-electron chi connectivity index (χ3n) is 7.54. The van der Waals surface area contributed by atoms with Gasteiger partial charge in [0.2, 0.25) is 5.91 Å². The maximum absolute atomic E-state index is 14.0. The molecule has 0 unspecified atom stereocenters. The summed E-state index contributed by atoms with van der Waals surface area (Å²) in [7, 11) is 1.64. The first-order valence-electron chi connectivity index (χ1n) is 15.6. The van der Waals surface area contributed by atoms with Crippen LogP contribution in [0.5, 0.6) is 11.5 Å². The van der Waals surface area contributed by atoms with Gasteiger partial charge in [-0.1, -0.05) is 43.7 Å². The fourth-order valence-electron chi connectivity index (χ4n) is 5.09. The van der Waals surface area contributed by atoms with Crippen molar-refractivity contribution in [3.05, 3.63) is 95.7 Å². The number of para-hydroxylation sites is 1. The summed E-state index contributed by atoms with van der Waals surface area (Å²) in [6.45, 7) is 7.13. The van der Waals surface area contributed by atoms with E-state index >= 15 is 0 Å². The van der Waals surface area contributed by atoms with Gasteiger partial charge in [-0.2, -0.15) is 0 Å². The molecule has 2 amide bonds. The van der Waals surface area contributed by atoms with Crippen LogP contribution in [-0.4, -0.2) is 73.2 Å². The lowest BCUT2D eigenvalue weighted by molar-refractivity contribution is -0.132. The maximum atomic E-state index is 14.0. The van der Waals surface area contributed by atoms with Gasteiger partial charge in [-0.15, -0.1) is 0 Å². The largest absolute Gasteiger partial charge is 0.494 e. The Balaban J connectivity index is 1.51. The molecule has 0 aliphatic rings. The molecule has 234 valence electrons. The zero-order chi connectivity index (χ0) is 31.1. The molecule has 0 spiro atoms. The number of aromatic amines is 1. The number of benzene rings is 3. The molecule has 0 bridgehead atoms. The number of ether oxygens (including phenoxy) is 3. The first-order valence-corrected chi connectivity index (χ1v) is 15.6. The molecule has 44 heavy (non-hydrogen) atoms. The van der Waals surface area contributed by atoms with E-state index in [1.165, 1.54) is 0 Å². The van der Waals surface area contributed by atoms with Gasteiger partial charge in [-0.25, -0.2) is 0 Å². The van der Waals surface area contributed by atoms with E-state index in [9.17, 15) is 9.59 Å². The second-order valence-electron chi connectivity index (χ2n) is 10.8. The fraction of sp³-hybridized carbons (Fsp3) is 0.389. The van der Waals surface area contributed by atoms with E-state index in [1.54, 1.807) is 24.1 Å². The lowest BCUT2D eigenvalue weighted by Crippen LogP contribution is -2.44. The van der Waals surface area contributed by atoms with Crippen molar-refractivity contribution in [2.45, 2.75) is 46.1 Å². The standard InChI is InChI=1S/C36H45N3O5/c1-4-6-24-44-32-18-14-29(15-19-32)36(41)39(21-9-23-42-3)27-35(40)38(26-28-12-16-31(17-13-28)43-5-2)22-20-30-25-37-34-11-8-7-10-33(30)34/h7-8,10-19,25,37H,4-6,9,20-24,26-27H2,1-3H3. The van der Waals surface area contributed by atoms with E-state index in [0.717, 1.165) is 46.4 Å². The highest BCUT2D eigenvalue weighted by atomic mass is 16.5. The molecule has 0 atom stereocenters. The molecule has 1 aromatic heterocycles. The van der Waals surface area contributed by atoms with Crippen molar-refractivity contribution >= 4 is 22.7 Å². The molecular formula is C36H45N3O5. The molecule has 0 aliphatic heterocycles. The maximum Gasteiger partial charge on any atom is 0.254 e. The van der Waals surface area contributed by atoms with Gasteiger partial charge >= 0.3 is 0 Å². The first-order chi connectivity index (χ1) is 21.5. The second kappa shape index (κ2) is 17.1. The van der Waals surface area contributed by atoms with E-state index in [1.807, 2.05) is 66.6 Å². The minimum absolute atomic E-state index is 0.0256. The average Bonchev–Trinajstić information content (AvgIpc) is 3.46.